The van der Waals surface area contributed by atoms with Crippen LogP contribution in [0.5, 0.6) is 5.88 Å². The van der Waals surface area contributed by atoms with E-state index in [0.717, 1.165) is 18.8 Å². The summed E-state index contributed by atoms with van der Waals surface area (Å²) < 4.78 is 5.79. The summed E-state index contributed by atoms with van der Waals surface area (Å²) in [5.74, 6) is 1.29. The molecule has 1 saturated carbocycles. The third-order valence-electron chi connectivity index (χ3n) is 3.10. The van der Waals surface area contributed by atoms with Gasteiger partial charge in [-0.1, -0.05) is 18.5 Å². The number of nitrogen functional groups attached to an aromatic ring is 1. The molecule has 0 aromatic carbocycles. The van der Waals surface area contributed by atoms with Crippen molar-refractivity contribution in [3.05, 3.63) is 17.3 Å². The highest BCUT2D eigenvalue weighted by Crippen LogP contribution is 2.29. The van der Waals surface area contributed by atoms with E-state index in [1.165, 1.54) is 12.8 Å². The molecule has 0 radical (unpaired) electrons. The standard InChI is InChI=1S/C12H17ClN2O/c1-8-2-4-9(5-3-8)16-12-10(14)6-7-11(13)15-12/h6-9H,2-5,14H2,1H3. The van der Waals surface area contributed by atoms with Gasteiger partial charge in [0, 0.05) is 0 Å². The normalized spacial score (nSPS) is 25.4. The molecule has 3 nitrogen and oxygen atoms in total. The lowest BCUT2D eigenvalue weighted by Gasteiger charge is -2.26. The minimum atomic E-state index is 0.240. The van der Waals surface area contributed by atoms with Crippen molar-refractivity contribution in [2.75, 3.05) is 5.73 Å². The van der Waals surface area contributed by atoms with Gasteiger partial charge in [0.15, 0.2) is 0 Å². The van der Waals surface area contributed by atoms with E-state index in [0.29, 0.717) is 16.7 Å². The van der Waals surface area contributed by atoms with Crippen LogP contribution in [0, 0.1) is 5.92 Å². The molecule has 1 aliphatic carbocycles. The Kier molecular flexibility index (Phi) is 3.54. The predicted octanol–water partition coefficient (Wildman–Crippen LogP) is 3.27. The number of ether oxygens (including phenoxy) is 1. The van der Waals surface area contributed by atoms with E-state index >= 15 is 0 Å². The summed E-state index contributed by atoms with van der Waals surface area (Å²) in [5, 5.41) is 0.424. The second kappa shape index (κ2) is 4.91. The van der Waals surface area contributed by atoms with Crippen LogP contribution in [0.15, 0.2) is 12.1 Å². The topological polar surface area (TPSA) is 48.1 Å². The summed E-state index contributed by atoms with van der Waals surface area (Å²) in [6, 6.07) is 3.41. The molecule has 0 aliphatic heterocycles. The van der Waals surface area contributed by atoms with Gasteiger partial charge in [0.05, 0.1) is 5.69 Å². The number of pyridine rings is 1. The van der Waals surface area contributed by atoms with Crippen LogP contribution in [-0.2, 0) is 0 Å². The van der Waals surface area contributed by atoms with E-state index in [4.69, 9.17) is 22.1 Å². The second-order valence-corrected chi connectivity index (χ2v) is 4.92. The van der Waals surface area contributed by atoms with Crippen molar-refractivity contribution in [3.63, 3.8) is 0 Å². The quantitative estimate of drug-likeness (QED) is 0.807. The second-order valence-electron chi connectivity index (χ2n) is 4.53. The highest BCUT2D eigenvalue weighted by Gasteiger charge is 2.20. The summed E-state index contributed by atoms with van der Waals surface area (Å²) in [5.41, 5.74) is 6.35. The number of aromatic nitrogens is 1. The zero-order chi connectivity index (χ0) is 11.5. The van der Waals surface area contributed by atoms with Crippen molar-refractivity contribution < 1.29 is 4.74 Å². The number of halogens is 1. The van der Waals surface area contributed by atoms with E-state index in [1.807, 2.05) is 0 Å². The number of anilines is 1. The molecule has 0 amide bonds. The average molecular weight is 241 g/mol. The molecular weight excluding hydrogens is 224 g/mol. The Balaban J connectivity index is 2.00. The number of nitrogens with two attached hydrogens (primary N) is 1. The zero-order valence-electron chi connectivity index (χ0n) is 9.45. The van der Waals surface area contributed by atoms with Gasteiger partial charge >= 0.3 is 0 Å². The maximum Gasteiger partial charge on any atom is 0.238 e. The Morgan fingerprint density at radius 3 is 2.69 bits per heavy atom. The SMILES string of the molecule is CC1CCC(Oc2nc(Cl)ccc2N)CC1. The van der Waals surface area contributed by atoms with Crippen LogP contribution in [0.1, 0.15) is 32.6 Å². The van der Waals surface area contributed by atoms with Crippen LogP contribution < -0.4 is 10.5 Å². The van der Waals surface area contributed by atoms with Crippen molar-refractivity contribution in [1.29, 1.82) is 0 Å². The fraction of sp³-hybridized carbons (Fsp3) is 0.583. The zero-order valence-corrected chi connectivity index (χ0v) is 10.2. The maximum absolute atomic E-state index is 5.81. The highest BCUT2D eigenvalue weighted by atomic mass is 35.5. The van der Waals surface area contributed by atoms with E-state index in [1.54, 1.807) is 12.1 Å². The first-order valence-electron chi connectivity index (χ1n) is 5.74. The molecule has 16 heavy (non-hydrogen) atoms. The molecule has 1 aliphatic rings. The molecule has 0 spiro atoms. The largest absolute Gasteiger partial charge is 0.473 e. The van der Waals surface area contributed by atoms with E-state index in [9.17, 15) is 0 Å². The van der Waals surface area contributed by atoms with Gasteiger partial charge in [-0.05, 0) is 43.7 Å². The summed E-state index contributed by atoms with van der Waals surface area (Å²) in [4.78, 5) is 4.10. The fourth-order valence-electron chi connectivity index (χ4n) is 2.03. The lowest BCUT2D eigenvalue weighted by molar-refractivity contribution is 0.131. The Bertz CT molecular complexity index is 362. The van der Waals surface area contributed by atoms with Gasteiger partial charge in [-0.25, -0.2) is 0 Å². The number of hydrogen-bond acceptors (Lipinski definition) is 3. The van der Waals surface area contributed by atoms with Crippen molar-refractivity contribution in [1.82, 2.24) is 4.98 Å². The lowest BCUT2D eigenvalue weighted by atomic mass is 9.89. The molecule has 1 aromatic heterocycles. The molecular formula is C12H17ClN2O. The van der Waals surface area contributed by atoms with Gasteiger partial charge in [-0.15, -0.1) is 0 Å². The minimum absolute atomic E-state index is 0.240. The number of nitrogens with zero attached hydrogens (tertiary/aromatic N) is 1. The summed E-state index contributed by atoms with van der Waals surface area (Å²) in [6.45, 7) is 2.28. The van der Waals surface area contributed by atoms with E-state index in [2.05, 4.69) is 11.9 Å². The van der Waals surface area contributed by atoms with Crippen molar-refractivity contribution >= 4 is 17.3 Å². The first-order valence-corrected chi connectivity index (χ1v) is 6.11. The van der Waals surface area contributed by atoms with Crippen LogP contribution in [0.25, 0.3) is 0 Å². The van der Waals surface area contributed by atoms with Crippen molar-refractivity contribution in [2.24, 2.45) is 5.92 Å². The van der Waals surface area contributed by atoms with Gasteiger partial charge in [-0.3, -0.25) is 0 Å². The van der Waals surface area contributed by atoms with Gasteiger partial charge in [0.1, 0.15) is 11.3 Å². The smallest absolute Gasteiger partial charge is 0.238 e. The average Bonchev–Trinajstić information content (AvgIpc) is 2.27. The molecule has 0 unspecified atom stereocenters. The highest BCUT2D eigenvalue weighted by molar-refractivity contribution is 6.29. The fourth-order valence-corrected chi connectivity index (χ4v) is 2.17. The third kappa shape index (κ3) is 2.79. The Morgan fingerprint density at radius 2 is 2.00 bits per heavy atom. The Hall–Kier alpha value is -0.960. The predicted molar refractivity (Wildman–Crippen MR) is 65.7 cm³/mol. The van der Waals surface area contributed by atoms with Crippen molar-refractivity contribution in [3.8, 4) is 5.88 Å². The number of hydrogen-bond donors (Lipinski definition) is 1. The molecule has 0 bridgehead atoms. The Morgan fingerprint density at radius 1 is 1.31 bits per heavy atom. The van der Waals surface area contributed by atoms with Gasteiger partial charge in [0.25, 0.3) is 0 Å². The molecule has 2 N–H and O–H groups in total. The van der Waals surface area contributed by atoms with Gasteiger partial charge < -0.3 is 10.5 Å². The van der Waals surface area contributed by atoms with Crippen LogP contribution in [0.3, 0.4) is 0 Å². The minimum Gasteiger partial charge on any atom is -0.473 e. The van der Waals surface area contributed by atoms with Gasteiger partial charge in [0.2, 0.25) is 5.88 Å². The van der Waals surface area contributed by atoms with Crippen LogP contribution in [0.2, 0.25) is 5.15 Å². The lowest BCUT2D eigenvalue weighted by Crippen LogP contribution is -2.23. The molecule has 0 atom stereocenters. The molecule has 0 saturated heterocycles. The Labute approximate surface area is 101 Å². The molecule has 2 rings (SSSR count). The molecule has 1 fully saturated rings. The molecule has 1 heterocycles. The first-order chi connectivity index (χ1) is 7.65. The summed E-state index contributed by atoms with van der Waals surface area (Å²) >= 11 is 5.81. The van der Waals surface area contributed by atoms with Gasteiger partial charge in [-0.2, -0.15) is 4.98 Å². The van der Waals surface area contributed by atoms with Crippen molar-refractivity contribution in [2.45, 2.75) is 38.7 Å². The number of rotatable bonds is 2. The maximum atomic E-state index is 5.81. The summed E-state index contributed by atoms with van der Waals surface area (Å²) in [6.07, 6.45) is 4.82. The van der Waals surface area contributed by atoms with E-state index < -0.39 is 0 Å². The van der Waals surface area contributed by atoms with E-state index in [-0.39, 0.29) is 6.10 Å². The third-order valence-corrected chi connectivity index (χ3v) is 3.31. The first kappa shape index (κ1) is 11.5. The molecule has 1 aromatic rings. The van der Waals surface area contributed by atoms with Crippen LogP contribution >= 0.6 is 11.6 Å². The monoisotopic (exact) mass is 240 g/mol. The van der Waals surface area contributed by atoms with Crippen LogP contribution in [-0.4, -0.2) is 11.1 Å². The molecule has 4 heteroatoms. The van der Waals surface area contributed by atoms with Crippen LogP contribution in [0.4, 0.5) is 5.69 Å². The summed E-state index contributed by atoms with van der Waals surface area (Å²) in [7, 11) is 0. The molecule has 88 valence electrons.